The van der Waals surface area contributed by atoms with Crippen LogP contribution in [-0.2, 0) is 4.79 Å². The van der Waals surface area contributed by atoms with Gasteiger partial charge in [0.25, 0.3) is 5.91 Å². The second kappa shape index (κ2) is 14.8. The van der Waals surface area contributed by atoms with Crippen molar-refractivity contribution < 1.29 is 19.4 Å². The molecule has 3 atom stereocenters. The van der Waals surface area contributed by atoms with E-state index in [0.717, 1.165) is 73.5 Å². The van der Waals surface area contributed by atoms with E-state index < -0.39 is 6.09 Å². The van der Waals surface area contributed by atoms with Crippen molar-refractivity contribution in [2.24, 2.45) is 0 Å². The van der Waals surface area contributed by atoms with Crippen LogP contribution in [0.3, 0.4) is 0 Å². The summed E-state index contributed by atoms with van der Waals surface area (Å²) in [6.45, 7) is 10.8. The van der Waals surface area contributed by atoms with E-state index in [1.165, 1.54) is 0 Å². The van der Waals surface area contributed by atoms with Gasteiger partial charge < -0.3 is 35.6 Å². The molecule has 2 aromatic carbocycles. The third-order valence-corrected chi connectivity index (χ3v) is 8.48. The van der Waals surface area contributed by atoms with Gasteiger partial charge in [0.2, 0.25) is 0 Å². The van der Waals surface area contributed by atoms with Crippen LogP contribution in [0.2, 0.25) is 0 Å². The van der Waals surface area contributed by atoms with Crippen molar-refractivity contribution in [1.29, 1.82) is 0 Å². The first-order valence-electron chi connectivity index (χ1n) is 14.9. The van der Waals surface area contributed by atoms with Crippen LogP contribution in [-0.4, -0.2) is 78.3 Å². The third-order valence-electron chi connectivity index (χ3n) is 8.48. The fourth-order valence-corrected chi connectivity index (χ4v) is 6.32. The van der Waals surface area contributed by atoms with E-state index in [0.29, 0.717) is 18.7 Å². The van der Waals surface area contributed by atoms with Gasteiger partial charge >= 0.3 is 6.09 Å². The van der Waals surface area contributed by atoms with Gasteiger partial charge in [-0.1, -0.05) is 55.8 Å². The highest BCUT2D eigenvalue weighted by atomic mass is 16.5. The average Bonchev–Trinajstić information content (AvgIpc) is 3.01. The molecule has 0 bridgehead atoms. The lowest BCUT2D eigenvalue weighted by molar-refractivity contribution is -0.130. The number of piperazine rings is 1. The zero-order valence-corrected chi connectivity index (χ0v) is 25.1. The Bertz CT molecular complexity index is 1260. The topological polar surface area (TPSA) is 106 Å². The second-order valence-corrected chi connectivity index (χ2v) is 11.0. The van der Waals surface area contributed by atoms with Gasteiger partial charge in [0, 0.05) is 49.0 Å². The first kappa shape index (κ1) is 31.0. The van der Waals surface area contributed by atoms with E-state index in [1.807, 2.05) is 72.2 Å². The Morgan fingerprint density at radius 3 is 2.64 bits per heavy atom. The number of carbonyl (C=O) groups is 2. The van der Waals surface area contributed by atoms with Crippen molar-refractivity contribution >= 4 is 23.4 Å². The molecule has 9 nitrogen and oxygen atoms in total. The molecule has 1 aliphatic heterocycles. The molecule has 9 heteroatoms. The molecule has 0 radical (unpaired) electrons. The summed E-state index contributed by atoms with van der Waals surface area (Å²) in [7, 11) is 1.67. The maximum atomic E-state index is 14.3. The fraction of sp³-hybridized carbons (Fsp3) is 0.455. The molecule has 42 heavy (non-hydrogen) atoms. The smallest absolute Gasteiger partial charge is 0.404 e. The summed E-state index contributed by atoms with van der Waals surface area (Å²) in [6.07, 6.45) is 5.00. The fourth-order valence-electron chi connectivity index (χ4n) is 6.32. The number of anilines is 1. The van der Waals surface area contributed by atoms with Gasteiger partial charge in [-0.05, 0) is 57.0 Å². The highest BCUT2D eigenvalue weighted by molar-refractivity contribution is 6.00. The van der Waals surface area contributed by atoms with Crippen LogP contribution in [0.4, 0.5) is 10.5 Å². The van der Waals surface area contributed by atoms with Crippen LogP contribution >= 0.6 is 0 Å². The van der Waals surface area contributed by atoms with Gasteiger partial charge in [-0.15, -0.1) is 0 Å². The van der Waals surface area contributed by atoms with Crippen LogP contribution in [0, 0.1) is 6.92 Å². The Kier molecular flexibility index (Phi) is 10.9. The highest BCUT2D eigenvalue weighted by Crippen LogP contribution is 2.33. The number of carbonyl (C=O) groups excluding carboxylic acids is 1. The highest BCUT2D eigenvalue weighted by Gasteiger charge is 2.35. The number of rotatable bonds is 11. The minimum atomic E-state index is -1.03. The van der Waals surface area contributed by atoms with Gasteiger partial charge in [0.15, 0.2) is 0 Å². The Balaban J connectivity index is 1.60. The first-order valence-corrected chi connectivity index (χ1v) is 14.9. The van der Waals surface area contributed by atoms with Crippen molar-refractivity contribution in [2.75, 3.05) is 38.6 Å². The van der Waals surface area contributed by atoms with E-state index in [2.05, 4.69) is 22.5 Å². The van der Waals surface area contributed by atoms with Crippen LogP contribution in [0.5, 0.6) is 5.75 Å². The molecule has 2 amide bonds. The van der Waals surface area contributed by atoms with Crippen LogP contribution in [0.1, 0.15) is 50.2 Å². The Hall–Kier alpha value is -3.98. The molecule has 4 rings (SSSR count). The number of methoxy groups -OCH3 is 1. The molecule has 0 aromatic heterocycles. The molecule has 4 N–H and O–H groups in total. The molecular weight excluding hydrogens is 530 g/mol. The lowest BCUT2D eigenvalue weighted by Crippen LogP contribution is -2.55. The molecule has 1 saturated carbocycles. The average molecular weight is 576 g/mol. The van der Waals surface area contributed by atoms with Gasteiger partial charge in [-0.3, -0.25) is 4.79 Å². The summed E-state index contributed by atoms with van der Waals surface area (Å²) >= 11 is 0. The summed E-state index contributed by atoms with van der Waals surface area (Å²) in [5.41, 5.74) is 4.40. The number of hydrogen-bond donors (Lipinski definition) is 4. The van der Waals surface area contributed by atoms with Gasteiger partial charge in [-0.2, -0.15) is 0 Å². The molecule has 1 saturated heterocycles. The van der Waals surface area contributed by atoms with Crippen LogP contribution in [0.15, 0.2) is 66.9 Å². The zero-order chi connectivity index (χ0) is 30.1. The monoisotopic (exact) mass is 575 g/mol. The van der Waals surface area contributed by atoms with Crippen molar-refractivity contribution in [2.45, 2.75) is 64.1 Å². The number of carboxylic acid groups (broad SMARTS) is 1. The predicted molar refractivity (Wildman–Crippen MR) is 167 cm³/mol. The molecule has 1 aliphatic carbocycles. The zero-order valence-electron chi connectivity index (χ0n) is 25.1. The summed E-state index contributed by atoms with van der Waals surface area (Å²) in [5, 5.41) is 19.2. The molecule has 2 aromatic rings. The number of amides is 2. The lowest BCUT2D eigenvalue weighted by atomic mass is 9.88. The van der Waals surface area contributed by atoms with Crippen molar-refractivity contribution in [3.8, 4) is 5.75 Å². The first-order chi connectivity index (χ1) is 20.3. The minimum Gasteiger partial charge on any atom is -0.496 e. The molecular formula is C33H45N5O4. The molecule has 0 spiro atoms. The lowest BCUT2D eigenvalue weighted by Gasteiger charge is -2.42. The summed E-state index contributed by atoms with van der Waals surface area (Å²) in [5.74, 6) is 0.833. The van der Waals surface area contributed by atoms with E-state index in [4.69, 9.17) is 4.74 Å². The van der Waals surface area contributed by atoms with Crippen LogP contribution in [0.25, 0.3) is 5.70 Å². The minimum absolute atomic E-state index is 0.0108. The molecule has 0 unspecified atom stereocenters. The van der Waals surface area contributed by atoms with E-state index in [9.17, 15) is 14.7 Å². The Morgan fingerprint density at radius 1 is 1.17 bits per heavy atom. The third kappa shape index (κ3) is 7.26. The second-order valence-electron chi connectivity index (χ2n) is 11.0. The number of nitrogens with zero attached hydrogens (tertiary/aromatic N) is 2. The van der Waals surface area contributed by atoms with Crippen molar-refractivity contribution in [3.63, 3.8) is 0 Å². The maximum absolute atomic E-state index is 14.3. The number of ether oxygens (including phenoxy) is 1. The van der Waals surface area contributed by atoms with Gasteiger partial charge in [0.05, 0.1) is 24.9 Å². The molecule has 226 valence electrons. The maximum Gasteiger partial charge on any atom is 0.404 e. The summed E-state index contributed by atoms with van der Waals surface area (Å²) in [4.78, 5) is 29.9. The predicted octanol–water partition coefficient (Wildman–Crippen LogP) is 5.06. The normalized spacial score (nSPS) is 21.1. The standard InChI is InChI=1S/C33H45N5O4/c1-5-37(29-16-10-9-14-28(29)36-33(40)41)31(25-12-7-6-8-13-25)24(3)32(39)38-21-20-34-22-26(38)18-19-35-27-15-11-17-30(42-4)23(27)2/h5-8,11-13,15,17,26,28-29,34-36H,1,9-10,14,16,18-22H2,2-4H3,(H,40,41)/b31-24+/t26-,28+,29+/m1/s1. The summed E-state index contributed by atoms with van der Waals surface area (Å²) < 4.78 is 5.46. The Labute approximate surface area is 249 Å². The molecule has 1 heterocycles. The Morgan fingerprint density at radius 2 is 1.93 bits per heavy atom. The van der Waals surface area contributed by atoms with Gasteiger partial charge in [-0.25, -0.2) is 4.79 Å². The van der Waals surface area contributed by atoms with E-state index in [-0.39, 0.29) is 24.0 Å². The van der Waals surface area contributed by atoms with Crippen molar-refractivity contribution in [3.05, 3.63) is 78.0 Å². The number of hydrogen-bond acceptors (Lipinski definition) is 6. The van der Waals surface area contributed by atoms with Gasteiger partial charge in [0.1, 0.15) is 5.75 Å². The van der Waals surface area contributed by atoms with E-state index >= 15 is 0 Å². The van der Waals surface area contributed by atoms with Crippen molar-refractivity contribution in [1.82, 2.24) is 20.4 Å². The number of nitrogens with one attached hydrogen (secondary N) is 3. The quantitative estimate of drug-likeness (QED) is 0.278. The summed E-state index contributed by atoms with van der Waals surface area (Å²) in [6, 6.07) is 15.5. The molecule has 2 fully saturated rings. The van der Waals surface area contributed by atoms with E-state index in [1.54, 1.807) is 13.3 Å². The number of benzene rings is 2. The molecule has 2 aliphatic rings. The van der Waals surface area contributed by atoms with Crippen LogP contribution < -0.4 is 20.7 Å². The SMILES string of the molecule is C=CN(/C(=C(\C)C(=O)N1CCNC[C@H]1CCNc1cccc(OC)c1C)c1ccccc1)[C@H]1CCCC[C@@H]1NC(=O)O. The largest absolute Gasteiger partial charge is 0.496 e.